The fourth-order valence-electron chi connectivity index (χ4n) is 3.86. The van der Waals surface area contributed by atoms with E-state index in [-0.39, 0.29) is 23.4 Å². The lowest BCUT2D eigenvalue weighted by Crippen LogP contribution is -2.47. The SMILES string of the molecule is CC1(C)C2CCC1(C)C(NCC(O)C(F)F)C2. The predicted octanol–water partition coefficient (Wildman–Crippen LogP) is 2.42. The lowest BCUT2D eigenvalue weighted by Gasteiger charge is -2.40. The lowest BCUT2D eigenvalue weighted by molar-refractivity contribution is -0.00831. The number of hydrogen-bond donors (Lipinski definition) is 2. The summed E-state index contributed by atoms with van der Waals surface area (Å²) >= 11 is 0. The number of rotatable bonds is 4. The maximum Gasteiger partial charge on any atom is 0.265 e. The maximum absolute atomic E-state index is 12.2. The summed E-state index contributed by atoms with van der Waals surface area (Å²) in [7, 11) is 0. The van der Waals surface area contributed by atoms with Crippen LogP contribution in [-0.4, -0.2) is 30.2 Å². The quantitative estimate of drug-likeness (QED) is 0.799. The highest BCUT2D eigenvalue weighted by atomic mass is 19.3. The maximum atomic E-state index is 12.2. The third kappa shape index (κ3) is 1.89. The first-order chi connectivity index (χ1) is 7.79. The van der Waals surface area contributed by atoms with Crippen molar-refractivity contribution in [3.63, 3.8) is 0 Å². The van der Waals surface area contributed by atoms with Crippen LogP contribution in [-0.2, 0) is 0 Å². The molecule has 2 fully saturated rings. The van der Waals surface area contributed by atoms with Crippen LogP contribution in [0.5, 0.6) is 0 Å². The van der Waals surface area contributed by atoms with E-state index in [0.29, 0.717) is 5.92 Å². The summed E-state index contributed by atoms with van der Waals surface area (Å²) < 4.78 is 24.5. The number of aliphatic hydroxyl groups excluding tert-OH is 1. The van der Waals surface area contributed by atoms with Gasteiger partial charge in [-0.05, 0) is 36.0 Å². The fraction of sp³-hybridized carbons (Fsp3) is 1.00. The number of fused-ring (bicyclic) bond motifs is 2. The summed E-state index contributed by atoms with van der Waals surface area (Å²) in [6, 6.07) is 0.268. The van der Waals surface area contributed by atoms with Gasteiger partial charge in [0.1, 0.15) is 6.10 Å². The molecular formula is C13H23F2NO. The third-order valence-corrected chi connectivity index (χ3v) is 5.66. The van der Waals surface area contributed by atoms with Crippen LogP contribution in [0.2, 0.25) is 0 Å². The summed E-state index contributed by atoms with van der Waals surface area (Å²) in [5.41, 5.74) is 0.458. The van der Waals surface area contributed by atoms with E-state index in [1.165, 1.54) is 6.42 Å². The van der Waals surface area contributed by atoms with Gasteiger partial charge in [0.2, 0.25) is 0 Å². The molecule has 2 nitrogen and oxygen atoms in total. The molecule has 2 aliphatic carbocycles. The van der Waals surface area contributed by atoms with Gasteiger partial charge in [0, 0.05) is 12.6 Å². The van der Waals surface area contributed by atoms with E-state index < -0.39 is 12.5 Å². The second-order valence-corrected chi connectivity index (χ2v) is 6.47. The molecule has 0 heterocycles. The van der Waals surface area contributed by atoms with Crippen LogP contribution in [0, 0.1) is 16.7 Å². The van der Waals surface area contributed by atoms with Crippen molar-refractivity contribution in [3.05, 3.63) is 0 Å². The molecule has 2 N–H and O–H groups in total. The Labute approximate surface area is 102 Å². The predicted molar refractivity (Wildman–Crippen MR) is 63.0 cm³/mol. The van der Waals surface area contributed by atoms with Gasteiger partial charge >= 0.3 is 0 Å². The van der Waals surface area contributed by atoms with E-state index in [1.54, 1.807) is 0 Å². The number of alkyl halides is 2. The number of halogens is 2. The number of hydrogen-bond acceptors (Lipinski definition) is 2. The Morgan fingerprint density at radius 2 is 2.00 bits per heavy atom. The molecule has 2 rings (SSSR count). The van der Waals surface area contributed by atoms with Crippen molar-refractivity contribution in [2.24, 2.45) is 16.7 Å². The smallest absolute Gasteiger partial charge is 0.265 e. The van der Waals surface area contributed by atoms with Gasteiger partial charge in [-0.2, -0.15) is 0 Å². The summed E-state index contributed by atoms with van der Waals surface area (Å²) in [5.74, 6) is 0.689. The fourth-order valence-corrected chi connectivity index (χ4v) is 3.86. The number of aliphatic hydroxyl groups is 1. The Kier molecular flexibility index (Phi) is 3.24. The first-order valence-electron chi connectivity index (χ1n) is 6.48. The van der Waals surface area contributed by atoms with Gasteiger partial charge in [-0.15, -0.1) is 0 Å². The second-order valence-electron chi connectivity index (χ2n) is 6.47. The van der Waals surface area contributed by atoms with Crippen molar-refractivity contribution in [2.75, 3.05) is 6.54 Å². The van der Waals surface area contributed by atoms with Crippen LogP contribution in [0.4, 0.5) is 8.78 Å². The van der Waals surface area contributed by atoms with Gasteiger partial charge in [-0.3, -0.25) is 0 Å². The van der Waals surface area contributed by atoms with Crippen LogP contribution in [0.3, 0.4) is 0 Å². The van der Waals surface area contributed by atoms with E-state index >= 15 is 0 Å². The van der Waals surface area contributed by atoms with Crippen molar-refractivity contribution in [1.82, 2.24) is 5.32 Å². The first kappa shape index (κ1) is 13.2. The molecule has 0 radical (unpaired) electrons. The topological polar surface area (TPSA) is 32.3 Å². The van der Waals surface area contributed by atoms with Crippen molar-refractivity contribution >= 4 is 0 Å². The van der Waals surface area contributed by atoms with Crippen LogP contribution in [0.25, 0.3) is 0 Å². The van der Waals surface area contributed by atoms with Gasteiger partial charge in [0.15, 0.2) is 0 Å². The standard InChI is InChI=1S/C13H23F2NO/c1-12(2)8-4-5-13(12,3)10(6-8)16-7-9(17)11(14)15/h8-11,16-17H,4-7H2,1-3H3. The Hall–Kier alpha value is -0.220. The molecule has 2 bridgehead atoms. The van der Waals surface area contributed by atoms with Crippen LogP contribution < -0.4 is 5.32 Å². The number of nitrogens with one attached hydrogen (secondary N) is 1. The molecule has 4 unspecified atom stereocenters. The van der Waals surface area contributed by atoms with E-state index in [2.05, 4.69) is 26.1 Å². The molecule has 2 saturated carbocycles. The molecule has 4 heteroatoms. The van der Waals surface area contributed by atoms with Gasteiger partial charge in [0.05, 0.1) is 0 Å². The average molecular weight is 247 g/mol. The van der Waals surface area contributed by atoms with E-state index in [9.17, 15) is 8.78 Å². The molecule has 2 aliphatic rings. The zero-order valence-corrected chi connectivity index (χ0v) is 10.8. The zero-order chi connectivity index (χ0) is 12.8. The Balaban J connectivity index is 1.97. The first-order valence-corrected chi connectivity index (χ1v) is 6.48. The minimum Gasteiger partial charge on any atom is -0.386 e. The van der Waals surface area contributed by atoms with Crippen molar-refractivity contribution < 1.29 is 13.9 Å². The highest BCUT2D eigenvalue weighted by molar-refractivity contribution is 5.13. The molecule has 0 spiro atoms. The second kappa shape index (κ2) is 4.16. The summed E-state index contributed by atoms with van der Waals surface area (Å²) in [4.78, 5) is 0. The monoisotopic (exact) mass is 247 g/mol. The van der Waals surface area contributed by atoms with Crippen LogP contribution >= 0.6 is 0 Å². The molecule has 0 aliphatic heterocycles. The molecule has 17 heavy (non-hydrogen) atoms. The van der Waals surface area contributed by atoms with Crippen molar-refractivity contribution in [3.8, 4) is 0 Å². The molecule has 100 valence electrons. The average Bonchev–Trinajstić information content (AvgIpc) is 2.57. The summed E-state index contributed by atoms with van der Waals surface area (Å²) in [5, 5.41) is 12.3. The minimum absolute atomic E-state index is 0.000718. The van der Waals surface area contributed by atoms with Gasteiger partial charge in [-0.25, -0.2) is 8.78 Å². The molecule has 0 aromatic rings. The molecule has 0 aromatic heterocycles. The lowest BCUT2D eigenvalue weighted by atomic mass is 9.69. The van der Waals surface area contributed by atoms with E-state index in [0.717, 1.165) is 12.8 Å². The molecule has 0 aromatic carbocycles. The molecule has 0 amide bonds. The molecule has 4 atom stereocenters. The van der Waals surface area contributed by atoms with Gasteiger partial charge in [0.25, 0.3) is 6.43 Å². The zero-order valence-electron chi connectivity index (χ0n) is 10.8. The normalized spacial score (nSPS) is 41.1. The molecule has 0 saturated heterocycles. The van der Waals surface area contributed by atoms with Gasteiger partial charge < -0.3 is 10.4 Å². The van der Waals surface area contributed by atoms with Crippen molar-refractivity contribution in [2.45, 2.75) is 58.6 Å². The Morgan fingerprint density at radius 3 is 2.41 bits per heavy atom. The highest BCUT2D eigenvalue weighted by Crippen LogP contribution is 2.65. The van der Waals surface area contributed by atoms with Crippen molar-refractivity contribution in [1.29, 1.82) is 0 Å². The summed E-state index contributed by atoms with van der Waals surface area (Å²) in [6.45, 7) is 6.83. The van der Waals surface area contributed by atoms with E-state index in [4.69, 9.17) is 5.11 Å². The minimum atomic E-state index is -2.65. The Bertz CT molecular complexity index is 295. The van der Waals surface area contributed by atoms with Gasteiger partial charge in [-0.1, -0.05) is 20.8 Å². The largest absolute Gasteiger partial charge is 0.386 e. The third-order valence-electron chi connectivity index (χ3n) is 5.66. The van der Waals surface area contributed by atoms with E-state index in [1.807, 2.05) is 0 Å². The summed E-state index contributed by atoms with van der Waals surface area (Å²) in [6.07, 6.45) is -0.728. The van der Waals surface area contributed by atoms with Crippen LogP contribution in [0.1, 0.15) is 40.0 Å². The Morgan fingerprint density at radius 1 is 1.35 bits per heavy atom. The molecular weight excluding hydrogens is 224 g/mol. The van der Waals surface area contributed by atoms with Crippen LogP contribution in [0.15, 0.2) is 0 Å². The highest BCUT2D eigenvalue weighted by Gasteiger charge is 2.61.